The van der Waals surface area contributed by atoms with Gasteiger partial charge in [-0.3, -0.25) is 0 Å². The first-order valence-corrected chi connectivity index (χ1v) is 4.65. The van der Waals surface area contributed by atoms with E-state index in [0.717, 1.165) is 14.3 Å². The molecule has 2 aromatic carbocycles. The van der Waals surface area contributed by atoms with Gasteiger partial charge in [-0.15, -0.1) is 0 Å². The van der Waals surface area contributed by atoms with Crippen molar-refractivity contribution < 1.29 is 5.11 Å². The van der Waals surface area contributed by atoms with Crippen molar-refractivity contribution in [1.82, 2.24) is 0 Å². The van der Waals surface area contributed by atoms with E-state index in [2.05, 4.69) is 28.7 Å². The van der Waals surface area contributed by atoms with Crippen LogP contribution < -0.4 is 0 Å². The second kappa shape index (κ2) is 2.94. The van der Waals surface area contributed by atoms with Crippen molar-refractivity contribution in [3.05, 3.63) is 40.0 Å². The van der Waals surface area contributed by atoms with Crippen molar-refractivity contribution in [3.63, 3.8) is 0 Å². The van der Waals surface area contributed by atoms with Gasteiger partial charge in [0.25, 0.3) is 0 Å². The number of rotatable bonds is 0. The smallest absolute Gasteiger partial charge is 0.130 e. The topological polar surface area (TPSA) is 20.2 Å². The molecule has 0 aliphatic rings. The number of hydrogen-bond acceptors (Lipinski definition) is 1. The highest BCUT2D eigenvalue weighted by Gasteiger charge is 1.99. The van der Waals surface area contributed by atoms with Gasteiger partial charge in [-0.1, -0.05) is 24.3 Å². The molecule has 0 aliphatic carbocycles. The van der Waals surface area contributed by atoms with E-state index in [1.807, 2.05) is 24.3 Å². The van der Waals surface area contributed by atoms with Crippen molar-refractivity contribution in [2.75, 3.05) is 0 Å². The minimum absolute atomic E-state index is 0.300. The van der Waals surface area contributed by atoms with Crippen LogP contribution in [-0.2, 0) is 0 Å². The van der Waals surface area contributed by atoms with Gasteiger partial charge in [-0.25, -0.2) is 0 Å². The summed E-state index contributed by atoms with van der Waals surface area (Å²) in [5.41, 5.74) is 0. The number of benzene rings is 2. The van der Waals surface area contributed by atoms with E-state index < -0.39 is 0 Å². The standard InChI is InChI=1S/C10H6IO/c11-9-5-7-3-1-2-4-8(7)6-10(9)12/h1-4,6,12H. The van der Waals surface area contributed by atoms with E-state index in [1.54, 1.807) is 6.07 Å². The Morgan fingerprint density at radius 1 is 1.25 bits per heavy atom. The van der Waals surface area contributed by atoms with Crippen molar-refractivity contribution in [2.24, 2.45) is 0 Å². The van der Waals surface area contributed by atoms with Gasteiger partial charge in [0.05, 0.1) is 3.57 Å². The molecule has 0 heterocycles. The van der Waals surface area contributed by atoms with Crippen LogP contribution in [0.5, 0.6) is 5.75 Å². The van der Waals surface area contributed by atoms with Gasteiger partial charge in [0.1, 0.15) is 5.75 Å². The molecule has 0 amide bonds. The summed E-state index contributed by atoms with van der Waals surface area (Å²) in [6, 6.07) is 12.7. The molecule has 0 spiro atoms. The first-order valence-electron chi connectivity index (χ1n) is 3.57. The summed E-state index contributed by atoms with van der Waals surface area (Å²) in [7, 11) is 0. The molecule has 0 saturated heterocycles. The molecule has 59 valence electrons. The molecule has 0 bridgehead atoms. The molecule has 0 saturated carbocycles. The highest BCUT2D eigenvalue weighted by Crippen LogP contribution is 2.24. The zero-order chi connectivity index (χ0) is 8.55. The van der Waals surface area contributed by atoms with E-state index in [4.69, 9.17) is 0 Å². The van der Waals surface area contributed by atoms with Crippen LogP contribution in [0.3, 0.4) is 0 Å². The van der Waals surface area contributed by atoms with Crippen molar-refractivity contribution in [2.45, 2.75) is 0 Å². The summed E-state index contributed by atoms with van der Waals surface area (Å²) < 4.78 is 0.770. The van der Waals surface area contributed by atoms with Crippen molar-refractivity contribution >= 4 is 33.4 Å². The maximum Gasteiger partial charge on any atom is 0.130 e. The van der Waals surface area contributed by atoms with Gasteiger partial charge in [0.15, 0.2) is 0 Å². The predicted molar refractivity (Wildman–Crippen MR) is 57.2 cm³/mol. The van der Waals surface area contributed by atoms with Crippen LogP contribution >= 0.6 is 22.6 Å². The van der Waals surface area contributed by atoms with Crippen LogP contribution in [0.15, 0.2) is 30.3 Å². The molecule has 12 heavy (non-hydrogen) atoms. The fourth-order valence-corrected chi connectivity index (χ4v) is 1.58. The summed E-state index contributed by atoms with van der Waals surface area (Å²) in [5, 5.41) is 11.4. The lowest BCUT2D eigenvalue weighted by Gasteiger charge is -1.99. The van der Waals surface area contributed by atoms with Crippen LogP contribution in [0, 0.1) is 9.64 Å². The highest BCUT2D eigenvalue weighted by molar-refractivity contribution is 14.1. The second-order valence-electron chi connectivity index (χ2n) is 2.56. The Morgan fingerprint density at radius 2 is 2.00 bits per heavy atom. The fraction of sp³-hybridized carbons (Fsp3) is 0. The minimum atomic E-state index is 0.300. The quantitative estimate of drug-likeness (QED) is 0.729. The fourth-order valence-electron chi connectivity index (χ4n) is 1.13. The SMILES string of the molecule is Oc1cc2ccccc2[c]c1I. The summed E-state index contributed by atoms with van der Waals surface area (Å²) >= 11 is 2.07. The number of aromatic hydroxyl groups is 1. The summed E-state index contributed by atoms with van der Waals surface area (Å²) in [6.07, 6.45) is 0. The summed E-state index contributed by atoms with van der Waals surface area (Å²) in [4.78, 5) is 0. The maximum atomic E-state index is 9.38. The zero-order valence-electron chi connectivity index (χ0n) is 6.21. The van der Waals surface area contributed by atoms with Gasteiger partial charge < -0.3 is 5.11 Å². The lowest BCUT2D eigenvalue weighted by molar-refractivity contribution is 0.472. The van der Waals surface area contributed by atoms with Crippen LogP contribution in [0.2, 0.25) is 0 Å². The molecule has 0 atom stereocenters. The molecule has 1 N–H and O–H groups in total. The zero-order valence-corrected chi connectivity index (χ0v) is 8.37. The van der Waals surface area contributed by atoms with Gasteiger partial charge in [0, 0.05) is 6.07 Å². The Balaban J connectivity index is 2.84. The monoisotopic (exact) mass is 269 g/mol. The van der Waals surface area contributed by atoms with Crippen molar-refractivity contribution in [3.8, 4) is 5.75 Å². The molecule has 0 aromatic heterocycles. The third kappa shape index (κ3) is 1.27. The lowest BCUT2D eigenvalue weighted by atomic mass is 10.1. The number of phenolic OH excluding ortho intramolecular Hbond substituents is 1. The molecule has 0 aliphatic heterocycles. The van der Waals surface area contributed by atoms with Crippen LogP contribution in [0.1, 0.15) is 0 Å². The Kier molecular flexibility index (Phi) is 1.92. The minimum Gasteiger partial charge on any atom is -0.507 e. The average Bonchev–Trinajstić information content (AvgIpc) is 2.07. The van der Waals surface area contributed by atoms with E-state index >= 15 is 0 Å². The third-order valence-corrected chi connectivity index (χ3v) is 2.54. The Hall–Kier alpha value is -0.770. The molecule has 2 rings (SSSR count). The molecule has 2 aromatic rings. The number of halogens is 1. The van der Waals surface area contributed by atoms with Gasteiger partial charge in [0.2, 0.25) is 0 Å². The molecule has 2 heteroatoms. The summed E-state index contributed by atoms with van der Waals surface area (Å²) in [6.45, 7) is 0. The van der Waals surface area contributed by atoms with Gasteiger partial charge >= 0.3 is 0 Å². The summed E-state index contributed by atoms with van der Waals surface area (Å²) in [5.74, 6) is 0.300. The maximum absolute atomic E-state index is 9.38. The van der Waals surface area contributed by atoms with Gasteiger partial charge in [-0.2, -0.15) is 0 Å². The molecule has 1 radical (unpaired) electrons. The molecule has 0 unspecified atom stereocenters. The first-order chi connectivity index (χ1) is 5.77. The predicted octanol–water partition coefficient (Wildman–Crippen LogP) is 2.95. The largest absolute Gasteiger partial charge is 0.507 e. The van der Waals surface area contributed by atoms with Gasteiger partial charge in [-0.05, 0) is 39.4 Å². The molecule has 1 nitrogen and oxygen atoms in total. The van der Waals surface area contributed by atoms with E-state index in [9.17, 15) is 5.11 Å². The van der Waals surface area contributed by atoms with E-state index in [1.165, 1.54) is 0 Å². The van der Waals surface area contributed by atoms with E-state index in [-0.39, 0.29) is 0 Å². The highest BCUT2D eigenvalue weighted by atomic mass is 127. The van der Waals surface area contributed by atoms with Crippen LogP contribution in [0.4, 0.5) is 0 Å². The molecule has 0 fully saturated rings. The Morgan fingerprint density at radius 3 is 2.83 bits per heavy atom. The van der Waals surface area contributed by atoms with Crippen LogP contribution in [0.25, 0.3) is 10.8 Å². The normalized spacial score (nSPS) is 10.4. The molecular formula is C10H6IO. The van der Waals surface area contributed by atoms with E-state index in [0.29, 0.717) is 5.75 Å². The van der Waals surface area contributed by atoms with Crippen LogP contribution in [-0.4, -0.2) is 5.11 Å². The Labute approximate surface area is 84.2 Å². The number of fused-ring (bicyclic) bond motifs is 1. The number of hydrogen-bond donors (Lipinski definition) is 1. The first kappa shape index (κ1) is 7.86. The third-order valence-electron chi connectivity index (χ3n) is 1.72. The number of phenols is 1. The second-order valence-corrected chi connectivity index (χ2v) is 3.63. The molecular weight excluding hydrogens is 263 g/mol. The lowest BCUT2D eigenvalue weighted by Crippen LogP contribution is -1.76. The Bertz CT molecular complexity index is 383. The average molecular weight is 269 g/mol. The van der Waals surface area contributed by atoms with Crippen molar-refractivity contribution in [1.29, 1.82) is 0 Å².